The molecule has 8 heteroatoms. The summed E-state index contributed by atoms with van der Waals surface area (Å²) in [6.45, 7) is 11.9. The molecule has 43 heavy (non-hydrogen) atoms. The van der Waals surface area contributed by atoms with E-state index in [2.05, 4.69) is 11.1 Å². The third kappa shape index (κ3) is 9.10. The molecule has 0 aliphatic rings. The molecule has 0 amide bonds. The molecule has 0 aliphatic carbocycles. The van der Waals surface area contributed by atoms with E-state index in [9.17, 15) is 23.1 Å². The number of aryl methyl sites for hydroxylation is 2. The summed E-state index contributed by atoms with van der Waals surface area (Å²) in [6.07, 6.45) is 1.90. The van der Waals surface area contributed by atoms with Crippen molar-refractivity contribution in [1.82, 2.24) is 4.98 Å². The van der Waals surface area contributed by atoms with E-state index < -0.39 is 11.7 Å². The molecule has 0 fully saturated rings. The Morgan fingerprint density at radius 2 is 1.58 bits per heavy atom. The molecule has 0 saturated heterocycles. The summed E-state index contributed by atoms with van der Waals surface area (Å²) in [5.41, 5.74) is 3.17. The van der Waals surface area contributed by atoms with Crippen molar-refractivity contribution in [2.24, 2.45) is 11.8 Å². The van der Waals surface area contributed by atoms with Gasteiger partial charge >= 0.3 is 6.18 Å². The Labute approximate surface area is 270 Å². The van der Waals surface area contributed by atoms with E-state index in [0.717, 1.165) is 48.1 Å². The van der Waals surface area contributed by atoms with Crippen molar-refractivity contribution in [2.75, 3.05) is 0 Å². The van der Waals surface area contributed by atoms with Crippen LogP contribution < -0.4 is 0 Å². The first-order chi connectivity index (χ1) is 19.9. The molecule has 2 heterocycles. The molecule has 233 valence electrons. The average Bonchev–Trinajstić information content (AvgIpc) is 3.35. The molecule has 0 bridgehead atoms. The van der Waals surface area contributed by atoms with E-state index >= 15 is 0 Å². The van der Waals surface area contributed by atoms with Crippen LogP contribution in [0.25, 0.3) is 31.8 Å². The number of halogens is 3. The van der Waals surface area contributed by atoms with E-state index in [-0.39, 0.29) is 53.7 Å². The minimum absolute atomic E-state index is 0. The van der Waals surface area contributed by atoms with Crippen LogP contribution in [0.5, 0.6) is 0 Å². The Balaban J connectivity index is 0.000000348. The minimum Gasteiger partial charge on any atom is -0.512 e. The van der Waals surface area contributed by atoms with Gasteiger partial charge in [0, 0.05) is 59.5 Å². The quantitative estimate of drug-likeness (QED) is 0.104. The molecule has 2 aromatic carbocycles. The number of fused-ring (bicyclic) bond motifs is 1. The number of aliphatic hydroxyl groups is 1. The fourth-order valence-electron chi connectivity index (χ4n) is 5.09. The Morgan fingerprint density at radius 3 is 2.12 bits per heavy atom. The zero-order valence-corrected chi connectivity index (χ0v) is 28.6. The van der Waals surface area contributed by atoms with Crippen molar-refractivity contribution in [3.05, 3.63) is 89.3 Å². The summed E-state index contributed by atoms with van der Waals surface area (Å²) < 4.78 is 42.3. The number of pyridine rings is 1. The van der Waals surface area contributed by atoms with Crippen LogP contribution in [-0.4, -0.2) is 15.9 Å². The molecule has 2 aromatic heterocycles. The molecule has 0 unspecified atom stereocenters. The molecule has 1 radical (unpaired) electrons. The molecule has 1 N–H and O–H groups in total. The number of allylic oxidation sites excluding steroid dienone is 2. The van der Waals surface area contributed by atoms with E-state index in [1.54, 1.807) is 30.3 Å². The van der Waals surface area contributed by atoms with E-state index in [4.69, 9.17) is 0 Å². The maximum Gasteiger partial charge on any atom is 0.418 e. The van der Waals surface area contributed by atoms with Crippen LogP contribution in [0.4, 0.5) is 13.2 Å². The van der Waals surface area contributed by atoms with E-state index in [1.807, 2.05) is 53.7 Å². The number of thiophene rings is 1. The summed E-state index contributed by atoms with van der Waals surface area (Å²) >= 11 is 1.13. The number of aromatic nitrogens is 1. The summed E-state index contributed by atoms with van der Waals surface area (Å²) in [5, 5.41) is 9.94. The first-order valence-electron chi connectivity index (χ1n) is 14.4. The summed E-state index contributed by atoms with van der Waals surface area (Å²) in [4.78, 5) is 16.3. The second-order valence-electron chi connectivity index (χ2n) is 10.5. The van der Waals surface area contributed by atoms with E-state index in [1.165, 1.54) is 18.3 Å². The predicted molar refractivity (Wildman–Crippen MR) is 168 cm³/mol. The van der Waals surface area contributed by atoms with Gasteiger partial charge in [-0.2, -0.15) is 13.2 Å². The van der Waals surface area contributed by atoms with E-state index in [0.29, 0.717) is 21.5 Å². The van der Waals surface area contributed by atoms with Gasteiger partial charge < -0.3 is 10.1 Å². The van der Waals surface area contributed by atoms with Gasteiger partial charge in [-0.05, 0) is 42.7 Å². The predicted octanol–water partition coefficient (Wildman–Crippen LogP) is 10.9. The number of aliphatic hydroxyl groups excluding tert-OH is 1. The maximum atomic E-state index is 13.9. The van der Waals surface area contributed by atoms with Crippen molar-refractivity contribution in [2.45, 2.75) is 73.4 Å². The molecule has 3 nitrogen and oxygen atoms in total. The number of carbonyl (C=O) groups is 1. The molecular weight excluding hydrogens is 748 g/mol. The second kappa shape index (κ2) is 16.3. The maximum absolute atomic E-state index is 13.9. The topological polar surface area (TPSA) is 50.2 Å². The van der Waals surface area contributed by atoms with Gasteiger partial charge in [0.05, 0.1) is 11.3 Å². The van der Waals surface area contributed by atoms with Gasteiger partial charge in [0.2, 0.25) is 0 Å². The summed E-state index contributed by atoms with van der Waals surface area (Å²) in [5.74, 6) is 0.547. The molecule has 0 aliphatic heterocycles. The standard InChI is InChI=1S/C22H15F3NS.C13H24O2.Ir/c1-13-10-14(2)12-16(11-13)19-21-17(8-9-26-19)18(22(23,24)25)20(27-21)15-6-4-3-5-7-15;1-5-10(6-2)12(14)9-13(15)11(7-3)8-4;/h3-11H,1-2H3;9-11,14H,5-8H2,1-4H3;/q-1;;/b;12-9-;. The molecular formula is C35H39F3IrNO2S-. The summed E-state index contributed by atoms with van der Waals surface area (Å²) in [6, 6.07) is 17.3. The SMILES string of the molecule is CCC(CC)C(=O)/C=C(\O)C(CC)CC.Cc1[c-]c(-c2nccc3c(C(F)(F)F)c(-c4ccccc4)sc23)cc(C)c1.[Ir]. The number of rotatable bonds is 9. The Kier molecular flexibility index (Phi) is 13.8. The van der Waals surface area contributed by atoms with Gasteiger partial charge in [0.25, 0.3) is 0 Å². The summed E-state index contributed by atoms with van der Waals surface area (Å²) in [7, 11) is 0. The number of benzene rings is 2. The van der Waals surface area contributed by atoms with Crippen LogP contribution in [0.15, 0.2) is 66.6 Å². The number of ketones is 1. The zero-order chi connectivity index (χ0) is 31.0. The van der Waals surface area contributed by atoms with Crippen LogP contribution in [-0.2, 0) is 31.1 Å². The molecule has 4 rings (SSSR count). The molecule has 0 atom stereocenters. The number of hydrogen-bond acceptors (Lipinski definition) is 4. The van der Waals surface area contributed by atoms with Gasteiger partial charge in [0.1, 0.15) is 0 Å². The van der Waals surface area contributed by atoms with Crippen LogP contribution in [0.2, 0.25) is 0 Å². The van der Waals surface area contributed by atoms with Crippen molar-refractivity contribution in [3.63, 3.8) is 0 Å². The van der Waals surface area contributed by atoms with Crippen molar-refractivity contribution in [1.29, 1.82) is 0 Å². The van der Waals surface area contributed by atoms with Gasteiger partial charge in [-0.3, -0.25) is 4.79 Å². The Hall–Kier alpha value is -2.80. The number of hydrogen-bond donors (Lipinski definition) is 1. The zero-order valence-electron chi connectivity index (χ0n) is 25.4. The molecule has 0 spiro atoms. The van der Waals surface area contributed by atoms with Crippen LogP contribution in [0.3, 0.4) is 0 Å². The van der Waals surface area contributed by atoms with Gasteiger partial charge in [-0.25, -0.2) is 0 Å². The fourth-order valence-corrected chi connectivity index (χ4v) is 6.42. The van der Waals surface area contributed by atoms with Crippen molar-refractivity contribution in [3.8, 4) is 21.7 Å². The number of alkyl halides is 3. The van der Waals surface area contributed by atoms with Gasteiger partial charge in [-0.15, -0.1) is 46.2 Å². The normalized spacial score (nSPS) is 11.8. The molecule has 4 aromatic rings. The third-order valence-corrected chi connectivity index (χ3v) is 8.67. The Morgan fingerprint density at radius 1 is 0.977 bits per heavy atom. The third-order valence-electron chi connectivity index (χ3n) is 7.41. The number of carbonyl (C=O) groups excluding carboxylic acids is 1. The minimum atomic E-state index is -4.45. The van der Waals surface area contributed by atoms with Crippen LogP contribution >= 0.6 is 11.3 Å². The van der Waals surface area contributed by atoms with Gasteiger partial charge in [-0.1, -0.05) is 71.9 Å². The van der Waals surface area contributed by atoms with Crippen molar-refractivity contribution >= 4 is 27.2 Å². The first kappa shape index (κ1) is 36.4. The smallest absolute Gasteiger partial charge is 0.418 e. The largest absolute Gasteiger partial charge is 0.512 e. The second-order valence-corrected chi connectivity index (χ2v) is 11.5. The first-order valence-corrected chi connectivity index (χ1v) is 15.3. The van der Waals surface area contributed by atoms with Gasteiger partial charge in [0.15, 0.2) is 5.78 Å². The fraction of sp³-hybridized carbons (Fsp3) is 0.371. The van der Waals surface area contributed by atoms with Crippen molar-refractivity contribution < 1.29 is 43.2 Å². The van der Waals surface area contributed by atoms with Crippen LogP contribution in [0.1, 0.15) is 70.1 Å². The molecule has 0 saturated carbocycles. The monoisotopic (exact) mass is 787 g/mol. The average molecular weight is 787 g/mol. The Bertz CT molecular complexity index is 1500. The number of nitrogens with zero attached hydrogens (tertiary/aromatic N) is 1. The van der Waals surface area contributed by atoms with Crippen LogP contribution in [0, 0.1) is 31.7 Å².